The Hall–Kier alpha value is -1.39. The Morgan fingerprint density at radius 1 is 1.35 bits per heavy atom. The van der Waals surface area contributed by atoms with Crippen LogP contribution in [0.5, 0.6) is 0 Å². The number of ether oxygens (including phenoxy) is 1. The van der Waals surface area contributed by atoms with Crippen molar-refractivity contribution in [1.82, 2.24) is 14.9 Å². The molecule has 1 saturated heterocycles. The van der Waals surface area contributed by atoms with Gasteiger partial charge in [-0.15, -0.1) is 0 Å². The van der Waals surface area contributed by atoms with E-state index < -0.39 is 0 Å². The lowest BCUT2D eigenvalue weighted by Crippen LogP contribution is -2.46. The Morgan fingerprint density at radius 3 is 3.06 bits per heavy atom. The summed E-state index contributed by atoms with van der Waals surface area (Å²) in [6.07, 6.45) is 3.05. The van der Waals surface area contributed by atoms with Gasteiger partial charge in [-0.2, -0.15) is 0 Å². The molecule has 0 bridgehead atoms. The van der Waals surface area contributed by atoms with E-state index in [9.17, 15) is 0 Å². The molecular weight excluding hydrogens is 214 g/mol. The molecule has 0 saturated carbocycles. The molecule has 1 aromatic carbocycles. The molecular formula is C13H17N3O. The quantitative estimate of drug-likeness (QED) is 0.791. The van der Waals surface area contributed by atoms with Crippen LogP contribution in [0.3, 0.4) is 0 Å². The average molecular weight is 231 g/mol. The Balaban J connectivity index is 1.53. The van der Waals surface area contributed by atoms with Crippen molar-refractivity contribution in [3.8, 4) is 0 Å². The molecule has 1 aromatic heterocycles. The molecule has 0 aliphatic carbocycles. The minimum atomic E-state index is 0.578. The molecule has 1 fully saturated rings. The van der Waals surface area contributed by atoms with E-state index in [-0.39, 0.29) is 0 Å². The van der Waals surface area contributed by atoms with Crippen molar-refractivity contribution < 1.29 is 4.74 Å². The van der Waals surface area contributed by atoms with Gasteiger partial charge in [0.2, 0.25) is 0 Å². The smallest absolute Gasteiger partial charge is 0.0958 e. The monoisotopic (exact) mass is 231 g/mol. The number of imidazole rings is 1. The highest BCUT2D eigenvalue weighted by atomic mass is 16.5. The maximum atomic E-state index is 5.12. The summed E-state index contributed by atoms with van der Waals surface area (Å²) in [4.78, 5) is 4.38. The molecule has 0 spiro atoms. The number of aromatic nitrogens is 2. The highest BCUT2D eigenvalue weighted by Crippen LogP contribution is 2.11. The first-order chi connectivity index (χ1) is 8.43. The van der Waals surface area contributed by atoms with E-state index in [1.807, 2.05) is 12.4 Å². The maximum absolute atomic E-state index is 5.12. The number of nitrogens with zero attached hydrogens (tertiary/aromatic N) is 2. The number of rotatable bonds is 5. The molecule has 0 radical (unpaired) electrons. The number of hydrogen-bond donors (Lipinski definition) is 1. The number of hydrogen-bond acceptors (Lipinski definition) is 3. The molecule has 1 aliphatic heterocycles. The fraction of sp³-hybridized carbons (Fsp3) is 0.462. The van der Waals surface area contributed by atoms with Gasteiger partial charge < -0.3 is 14.6 Å². The van der Waals surface area contributed by atoms with E-state index in [0.29, 0.717) is 6.04 Å². The lowest BCUT2D eigenvalue weighted by atomic mass is 10.2. The number of nitrogens with one attached hydrogen (secondary N) is 1. The summed E-state index contributed by atoms with van der Waals surface area (Å²) in [6.45, 7) is 3.80. The summed E-state index contributed by atoms with van der Waals surface area (Å²) < 4.78 is 7.33. The second kappa shape index (κ2) is 4.85. The summed E-state index contributed by atoms with van der Waals surface area (Å²) in [5.41, 5.74) is 2.30. The van der Waals surface area contributed by atoms with Crippen LogP contribution in [0.15, 0.2) is 30.6 Å². The number of aryl methyl sites for hydroxylation is 1. The summed E-state index contributed by atoms with van der Waals surface area (Å²) in [5.74, 6) is 0. The van der Waals surface area contributed by atoms with Crippen molar-refractivity contribution in [3.63, 3.8) is 0 Å². The molecule has 4 heteroatoms. The van der Waals surface area contributed by atoms with Crippen LogP contribution in [-0.4, -0.2) is 35.4 Å². The third-order valence-corrected chi connectivity index (χ3v) is 3.17. The molecule has 90 valence electrons. The molecule has 0 amide bonds. The second-order valence-corrected chi connectivity index (χ2v) is 4.47. The van der Waals surface area contributed by atoms with E-state index in [1.54, 1.807) is 0 Å². The second-order valence-electron chi connectivity index (χ2n) is 4.47. The van der Waals surface area contributed by atoms with E-state index in [0.717, 1.165) is 38.2 Å². The van der Waals surface area contributed by atoms with Crippen LogP contribution in [0.2, 0.25) is 0 Å². The van der Waals surface area contributed by atoms with Crippen LogP contribution in [0.1, 0.15) is 6.42 Å². The number of fused-ring (bicyclic) bond motifs is 1. The summed E-state index contributed by atoms with van der Waals surface area (Å²) in [5, 5.41) is 3.47. The largest absolute Gasteiger partial charge is 0.378 e. The normalized spacial score (nSPS) is 16.2. The molecule has 17 heavy (non-hydrogen) atoms. The molecule has 4 nitrogen and oxygen atoms in total. The lowest BCUT2D eigenvalue weighted by Gasteiger charge is -2.26. The van der Waals surface area contributed by atoms with Gasteiger partial charge >= 0.3 is 0 Å². The molecule has 0 unspecified atom stereocenters. The highest BCUT2D eigenvalue weighted by molar-refractivity contribution is 5.74. The van der Waals surface area contributed by atoms with Crippen LogP contribution in [-0.2, 0) is 11.3 Å². The van der Waals surface area contributed by atoms with E-state index in [2.05, 4.69) is 33.1 Å². The zero-order valence-electron chi connectivity index (χ0n) is 9.80. The van der Waals surface area contributed by atoms with Crippen molar-refractivity contribution >= 4 is 11.0 Å². The van der Waals surface area contributed by atoms with Gasteiger partial charge in [0.1, 0.15) is 0 Å². The maximum Gasteiger partial charge on any atom is 0.0958 e. The fourth-order valence-corrected chi connectivity index (χ4v) is 2.10. The Bertz CT molecular complexity index is 490. The highest BCUT2D eigenvalue weighted by Gasteiger charge is 2.16. The minimum Gasteiger partial charge on any atom is -0.378 e. The van der Waals surface area contributed by atoms with Gasteiger partial charge in [-0.1, -0.05) is 12.1 Å². The van der Waals surface area contributed by atoms with E-state index >= 15 is 0 Å². The van der Waals surface area contributed by atoms with Crippen LogP contribution < -0.4 is 5.32 Å². The van der Waals surface area contributed by atoms with Crippen LogP contribution in [0, 0.1) is 0 Å². The van der Waals surface area contributed by atoms with Gasteiger partial charge in [0, 0.05) is 6.54 Å². The molecule has 1 aliphatic rings. The van der Waals surface area contributed by atoms with Gasteiger partial charge in [-0.05, 0) is 25.1 Å². The third kappa shape index (κ3) is 2.33. The van der Waals surface area contributed by atoms with Crippen LogP contribution >= 0.6 is 0 Å². The summed E-state index contributed by atoms with van der Waals surface area (Å²) in [7, 11) is 0. The van der Waals surface area contributed by atoms with Gasteiger partial charge in [-0.25, -0.2) is 4.98 Å². The molecule has 2 heterocycles. The Kier molecular flexibility index (Phi) is 3.07. The van der Waals surface area contributed by atoms with Crippen LogP contribution in [0.4, 0.5) is 0 Å². The van der Waals surface area contributed by atoms with Crippen molar-refractivity contribution in [1.29, 1.82) is 0 Å². The van der Waals surface area contributed by atoms with Gasteiger partial charge in [0.15, 0.2) is 0 Å². The van der Waals surface area contributed by atoms with Gasteiger partial charge in [-0.3, -0.25) is 0 Å². The van der Waals surface area contributed by atoms with Crippen molar-refractivity contribution in [3.05, 3.63) is 30.6 Å². The molecule has 3 rings (SSSR count). The zero-order valence-corrected chi connectivity index (χ0v) is 9.80. The molecule has 0 atom stereocenters. The Morgan fingerprint density at radius 2 is 2.24 bits per heavy atom. The van der Waals surface area contributed by atoms with Gasteiger partial charge in [0.05, 0.1) is 36.6 Å². The molecule has 1 N–H and O–H groups in total. The number of para-hydroxylation sites is 2. The van der Waals surface area contributed by atoms with Crippen molar-refractivity contribution in [2.75, 3.05) is 19.8 Å². The predicted molar refractivity (Wildman–Crippen MR) is 67.0 cm³/mol. The number of benzene rings is 1. The fourth-order valence-electron chi connectivity index (χ4n) is 2.10. The first-order valence-corrected chi connectivity index (χ1v) is 6.14. The summed E-state index contributed by atoms with van der Waals surface area (Å²) >= 11 is 0. The zero-order chi connectivity index (χ0) is 11.5. The topological polar surface area (TPSA) is 39.1 Å². The predicted octanol–water partition coefficient (Wildman–Crippen LogP) is 1.41. The minimum absolute atomic E-state index is 0.578. The van der Waals surface area contributed by atoms with E-state index in [4.69, 9.17) is 4.74 Å². The van der Waals surface area contributed by atoms with Gasteiger partial charge in [0.25, 0.3) is 0 Å². The first kappa shape index (κ1) is 10.7. The Labute approximate surface area is 101 Å². The third-order valence-electron chi connectivity index (χ3n) is 3.17. The SMILES string of the molecule is c1ccc2c(c1)ncn2CCCNC1COC1. The summed E-state index contributed by atoms with van der Waals surface area (Å²) in [6, 6.07) is 8.84. The molecule has 2 aromatic rings. The average Bonchev–Trinajstić information content (AvgIpc) is 2.70. The standard InChI is InChI=1S/C13H17N3O/c1-2-5-13-12(4-1)15-10-16(13)7-3-6-14-11-8-17-9-11/h1-2,4-5,10-11,14H,3,6-9H2. The van der Waals surface area contributed by atoms with Crippen LogP contribution in [0.25, 0.3) is 11.0 Å². The first-order valence-electron chi connectivity index (χ1n) is 6.14. The van der Waals surface area contributed by atoms with Crippen molar-refractivity contribution in [2.24, 2.45) is 0 Å². The van der Waals surface area contributed by atoms with E-state index in [1.165, 1.54) is 5.52 Å². The lowest BCUT2D eigenvalue weighted by molar-refractivity contribution is -0.00500. The van der Waals surface area contributed by atoms with Crippen molar-refractivity contribution in [2.45, 2.75) is 19.0 Å².